The van der Waals surface area contributed by atoms with Crippen molar-refractivity contribution in [1.29, 1.82) is 0 Å². The van der Waals surface area contributed by atoms with E-state index in [2.05, 4.69) is 161 Å². The first-order valence-corrected chi connectivity index (χ1v) is 16.3. The fourth-order valence-electron chi connectivity index (χ4n) is 7.45. The standard InChI is InChI=1S/C44H28N4/c1-3-11-29(12-4-1)30-19-21-32(22-20-30)38-27-28-45-44(46-38)48-39-18-10-9-17-35(39)36-25-26-40-41(43(36)48)37-24-23-31-13-7-8-16-34(31)42(37)47(40)33-14-5-2-6-15-33/h1-28H. The van der Waals surface area contributed by atoms with Gasteiger partial charge in [-0.2, -0.15) is 0 Å². The molecular formula is C44H28N4. The lowest BCUT2D eigenvalue weighted by Crippen LogP contribution is -2.02. The van der Waals surface area contributed by atoms with Crippen LogP contribution in [-0.4, -0.2) is 19.1 Å². The van der Waals surface area contributed by atoms with Gasteiger partial charge in [-0.15, -0.1) is 0 Å². The Morgan fingerprint density at radius 3 is 1.90 bits per heavy atom. The van der Waals surface area contributed by atoms with Gasteiger partial charge in [0.2, 0.25) is 5.95 Å². The summed E-state index contributed by atoms with van der Waals surface area (Å²) in [4.78, 5) is 10.2. The van der Waals surface area contributed by atoms with Gasteiger partial charge in [0.05, 0.1) is 27.8 Å². The molecule has 0 unspecified atom stereocenters. The number of benzene rings is 7. The van der Waals surface area contributed by atoms with E-state index < -0.39 is 0 Å². The van der Waals surface area contributed by atoms with Crippen LogP contribution < -0.4 is 0 Å². The van der Waals surface area contributed by atoms with Crippen LogP contribution in [0.15, 0.2) is 170 Å². The third kappa shape index (κ3) is 3.96. The summed E-state index contributed by atoms with van der Waals surface area (Å²) < 4.78 is 4.68. The van der Waals surface area contributed by atoms with Crippen molar-refractivity contribution in [3.8, 4) is 34.0 Å². The molecule has 10 rings (SSSR count). The van der Waals surface area contributed by atoms with Gasteiger partial charge in [-0.1, -0.05) is 133 Å². The highest BCUT2D eigenvalue weighted by atomic mass is 15.2. The summed E-state index contributed by atoms with van der Waals surface area (Å²) in [5.41, 5.74) is 9.99. The van der Waals surface area contributed by atoms with E-state index in [4.69, 9.17) is 9.97 Å². The first-order valence-electron chi connectivity index (χ1n) is 16.3. The third-order valence-corrected chi connectivity index (χ3v) is 9.59. The number of aromatic nitrogens is 4. The van der Waals surface area contributed by atoms with Crippen LogP contribution in [0.25, 0.3) is 88.4 Å². The number of rotatable bonds is 4. The molecule has 0 aliphatic carbocycles. The summed E-state index contributed by atoms with van der Waals surface area (Å²) in [6, 6.07) is 58.1. The zero-order valence-corrected chi connectivity index (χ0v) is 26.0. The minimum Gasteiger partial charge on any atom is -0.309 e. The SMILES string of the molecule is c1ccc(-c2ccc(-c3ccnc(-n4c5ccccc5c5ccc6c(c7ccc8ccccc8c7n6-c6ccccc6)c54)n3)cc2)cc1. The molecule has 0 N–H and O–H groups in total. The Balaban J connectivity index is 1.28. The Morgan fingerprint density at radius 1 is 0.396 bits per heavy atom. The average Bonchev–Trinajstić information content (AvgIpc) is 3.69. The zero-order valence-electron chi connectivity index (χ0n) is 26.0. The highest BCUT2D eigenvalue weighted by Gasteiger charge is 2.23. The van der Waals surface area contributed by atoms with Crippen molar-refractivity contribution in [1.82, 2.24) is 19.1 Å². The van der Waals surface area contributed by atoms with E-state index in [9.17, 15) is 0 Å². The predicted octanol–water partition coefficient (Wildman–Crippen LogP) is 11.2. The molecule has 7 aromatic carbocycles. The van der Waals surface area contributed by atoms with Gasteiger partial charge in [-0.3, -0.25) is 4.57 Å². The quantitative estimate of drug-likeness (QED) is 0.198. The third-order valence-electron chi connectivity index (χ3n) is 9.59. The Bertz CT molecular complexity index is 2810. The summed E-state index contributed by atoms with van der Waals surface area (Å²) in [7, 11) is 0. The van der Waals surface area contributed by atoms with E-state index in [-0.39, 0.29) is 0 Å². The Hall–Kier alpha value is -6.52. The summed E-state index contributed by atoms with van der Waals surface area (Å²) in [6.07, 6.45) is 1.88. The first-order chi connectivity index (χ1) is 23.8. The molecule has 0 spiro atoms. The second-order valence-corrected chi connectivity index (χ2v) is 12.2. The molecule has 0 radical (unpaired) electrons. The van der Waals surface area contributed by atoms with Crippen LogP contribution in [0.1, 0.15) is 0 Å². The first kappa shape index (κ1) is 26.7. The molecule has 48 heavy (non-hydrogen) atoms. The van der Waals surface area contributed by atoms with E-state index in [1.807, 2.05) is 18.3 Å². The van der Waals surface area contributed by atoms with E-state index in [1.165, 1.54) is 49.0 Å². The predicted molar refractivity (Wildman–Crippen MR) is 199 cm³/mol. The van der Waals surface area contributed by atoms with Gasteiger partial charge >= 0.3 is 0 Å². The molecule has 4 nitrogen and oxygen atoms in total. The van der Waals surface area contributed by atoms with Crippen molar-refractivity contribution in [2.24, 2.45) is 0 Å². The van der Waals surface area contributed by atoms with E-state index in [0.717, 1.165) is 33.5 Å². The molecule has 3 heterocycles. The minimum atomic E-state index is 0.653. The molecule has 224 valence electrons. The summed E-state index contributed by atoms with van der Waals surface area (Å²) in [6.45, 7) is 0. The summed E-state index contributed by atoms with van der Waals surface area (Å²) in [5.74, 6) is 0.653. The number of nitrogens with zero attached hydrogens (tertiary/aromatic N) is 4. The topological polar surface area (TPSA) is 35.6 Å². The van der Waals surface area contributed by atoms with Gasteiger partial charge in [-0.25, -0.2) is 9.97 Å². The summed E-state index contributed by atoms with van der Waals surface area (Å²) in [5, 5.41) is 7.19. The van der Waals surface area contributed by atoms with Gasteiger partial charge in [0.15, 0.2) is 0 Å². The van der Waals surface area contributed by atoms with Crippen LogP contribution in [0, 0.1) is 0 Å². The van der Waals surface area contributed by atoms with Crippen molar-refractivity contribution in [3.05, 3.63) is 170 Å². The van der Waals surface area contributed by atoms with Crippen LogP contribution in [0.2, 0.25) is 0 Å². The molecule has 0 saturated carbocycles. The van der Waals surface area contributed by atoms with Gasteiger partial charge in [0.25, 0.3) is 0 Å². The van der Waals surface area contributed by atoms with E-state index >= 15 is 0 Å². The second kappa shape index (κ2) is 10.5. The van der Waals surface area contributed by atoms with Gasteiger partial charge in [-0.05, 0) is 46.8 Å². The van der Waals surface area contributed by atoms with Crippen LogP contribution in [-0.2, 0) is 0 Å². The number of para-hydroxylation sites is 2. The Kier molecular flexibility index (Phi) is 5.84. The summed E-state index contributed by atoms with van der Waals surface area (Å²) >= 11 is 0. The van der Waals surface area contributed by atoms with Crippen molar-refractivity contribution in [3.63, 3.8) is 0 Å². The van der Waals surface area contributed by atoms with Crippen LogP contribution in [0.5, 0.6) is 0 Å². The Morgan fingerprint density at radius 2 is 1.06 bits per heavy atom. The molecule has 4 heteroatoms. The van der Waals surface area contributed by atoms with Crippen molar-refractivity contribution < 1.29 is 0 Å². The largest absolute Gasteiger partial charge is 0.309 e. The molecule has 0 atom stereocenters. The Labute approximate surface area is 276 Å². The lowest BCUT2D eigenvalue weighted by molar-refractivity contribution is 0.994. The normalized spacial score (nSPS) is 11.8. The number of hydrogen-bond acceptors (Lipinski definition) is 2. The second-order valence-electron chi connectivity index (χ2n) is 12.2. The molecular weight excluding hydrogens is 585 g/mol. The smallest absolute Gasteiger partial charge is 0.235 e. The molecule has 0 saturated heterocycles. The van der Waals surface area contributed by atoms with E-state index in [0.29, 0.717) is 5.95 Å². The maximum absolute atomic E-state index is 5.23. The fourth-order valence-corrected chi connectivity index (χ4v) is 7.45. The van der Waals surface area contributed by atoms with Gasteiger partial charge in [0, 0.05) is 44.4 Å². The maximum atomic E-state index is 5.23. The van der Waals surface area contributed by atoms with E-state index in [1.54, 1.807) is 0 Å². The molecule has 0 amide bonds. The average molecular weight is 613 g/mol. The van der Waals surface area contributed by atoms with Crippen molar-refractivity contribution in [2.45, 2.75) is 0 Å². The lowest BCUT2D eigenvalue weighted by atomic mass is 10.0. The van der Waals surface area contributed by atoms with Gasteiger partial charge in [0.1, 0.15) is 0 Å². The minimum absolute atomic E-state index is 0.653. The lowest BCUT2D eigenvalue weighted by Gasteiger charge is -2.10. The molecule has 0 aliphatic heterocycles. The molecule has 10 aromatic rings. The maximum Gasteiger partial charge on any atom is 0.235 e. The number of fused-ring (bicyclic) bond motifs is 9. The highest BCUT2D eigenvalue weighted by Crippen LogP contribution is 2.43. The number of hydrogen-bond donors (Lipinski definition) is 0. The highest BCUT2D eigenvalue weighted by molar-refractivity contribution is 6.29. The fraction of sp³-hybridized carbons (Fsp3) is 0. The molecule has 3 aromatic heterocycles. The van der Waals surface area contributed by atoms with Crippen molar-refractivity contribution in [2.75, 3.05) is 0 Å². The van der Waals surface area contributed by atoms with Crippen LogP contribution in [0.4, 0.5) is 0 Å². The van der Waals surface area contributed by atoms with Gasteiger partial charge < -0.3 is 4.57 Å². The zero-order chi connectivity index (χ0) is 31.6. The molecule has 0 bridgehead atoms. The van der Waals surface area contributed by atoms with Crippen molar-refractivity contribution >= 4 is 54.4 Å². The monoisotopic (exact) mass is 612 g/mol. The molecule has 0 aliphatic rings. The van der Waals surface area contributed by atoms with Crippen LogP contribution >= 0.6 is 0 Å². The van der Waals surface area contributed by atoms with Crippen LogP contribution in [0.3, 0.4) is 0 Å². The molecule has 0 fully saturated rings.